The lowest BCUT2D eigenvalue weighted by molar-refractivity contribution is -0.138. The zero-order valence-corrected chi connectivity index (χ0v) is 31.4. The van der Waals surface area contributed by atoms with E-state index in [1.807, 2.05) is 84.9 Å². The van der Waals surface area contributed by atoms with Crippen molar-refractivity contribution in [3.63, 3.8) is 0 Å². The quantitative estimate of drug-likeness (QED) is 0.154. The molecule has 0 spiro atoms. The van der Waals surface area contributed by atoms with E-state index in [9.17, 15) is 26.3 Å². The van der Waals surface area contributed by atoms with Gasteiger partial charge in [-0.2, -0.15) is 26.3 Å². The number of hydrogen-bond donors (Lipinski definition) is 0. The highest BCUT2D eigenvalue weighted by Crippen LogP contribution is 2.54. The first-order valence-electron chi connectivity index (χ1n) is 17.5. The van der Waals surface area contributed by atoms with E-state index in [4.69, 9.17) is 0 Å². The van der Waals surface area contributed by atoms with Crippen LogP contribution in [-0.2, 0) is 12.4 Å². The van der Waals surface area contributed by atoms with Gasteiger partial charge in [0, 0.05) is 42.9 Å². The number of hydrogen-bond acceptors (Lipinski definition) is 3. The van der Waals surface area contributed by atoms with Crippen molar-refractivity contribution in [2.24, 2.45) is 0 Å². The van der Waals surface area contributed by atoms with Crippen molar-refractivity contribution in [2.45, 2.75) is 12.4 Å². The molecular weight excluding hydrogens is 806 g/mol. The van der Waals surface area contributed by atoms with E-state index in [1.165, 1.54) is 24.3 Å². The van der Waals surface area contributed by atoms with Crippen LogP contribution in [-0.4, -0.2) is 0 Å². The first-order chi connectivity index (χ1) is 26.9. The topological polar surface area (TPSA) is 6.48 Å². The minimum atomic E-state index is -4.59. The van der Waals surface area contributed by atoms with Gasteiger partial charge in [0.25, 0.3) is 0 Å². The molecule has 0 aliphatic heterocycles. The third kappa shape index (κ3) is 6.42. The SMILES string of the molecule is FC(F)(F)c1ccc(N(c2ccc(C(F)(F)F)cc2)c2c(Br)c(N(c3ccc4ccccc4c3)c3ccc4ccccc4c3)cc3sc4ccccc4c23)cc1. The van der Waals surface area contributed by atoms with Crippen LogP contribution in [0.1, 0.15) is 11.1 Å². The average molecular weight is 834 g/mol. The number of nitrogens with zero attached hydrogens (tertiary/aromatic N) is 2. The molecule has 0 fully saturated rings. The molecule has 9 aromatic rings. The van der Waals surface area contributed by atoms with Gasteiger partial charge in [-0.3, -0.25) is 0 Å². The van der Waals surface area contributed by atoms with Crippen LogP contribution in [0.15, 0.2) is 168 Å². The molecule has 0 saturated carbocycles. The number of alkyl halides is 6. The van der Waals surface area contributed by atoms with Crippen molar-refractivity contribution < 1.29 is 26.3 Å². The second-order valence-electron chi connectivity index (χ2n) is 13.4. The molecule has 0 N–H and O–H groups in total. The third-order valence-electron chi connectivity index (χ3n) is 9.91. The van der Waals surface area contributed by atoms with Crippen molar-refractivity contribution in [1.82, 2.24) is 0 Å². The van der Waals surface area contributed by atoms with E-state index in [0.717, 1.165) is 77.4 Å². The van der Waals surface area contributed by atoms with Crippen LogP contribution >= 0.6 is 27.3 Å². The highest BCUT2D eigenvalue weighted by Gasteiger charge is 2.33. The van der Waals surface area contributed by atoms with Gasteiger partial charge in [0.05, 0.1) is 27.0 Å². The lowest BCUT2D eigenvalue weighted by Crippen LogP contribution is -2.16. The van der Waals surface area contributed by atoms with E-state index in [0.29, 0.717) is 27.2 Å². The molecule has 276 valence electrons. The Labute approximate surface area is 329 Å². The fourth-order valence-electron chi connectivity index (χ4n) is 7.27. The second-order valence-corrected chi connectivity index (χ2v) is 15.2. The van der Waals surface area contributed by atoms with Gasteiger partial charge in [-0.1, -0.05) is 78.9 Å². The van der Waals surface area contributed by atoms with Crippen molar-refractivity contribution in [1.29, 1.82) is 0 Å². The van der Waals surface area contributed by atoms with Gasteiger partial charge < -0.3 is 9.80 Å². The third-order valence-corrected chi connectivity index (χ3v) is 11.8. The summed E-state index contributed by atoms with van der Waals surface area (Å²) in [7, 11) is 0. The number of anilines is 6. The van der Waals surface area contributed by atoms with Crippen LogP contribution in [0.25, 0.3) is 41.7 Å². The lowest BCUT2D eigenvalue weighted by atomic mass is 10.0. The van der Waals surface area contributed by atoms with Crippen LogP contribution in [0.2, 0.25) is 0 Å². The van der Waals surface area contributed by atoms with E-state index in [-0.39, 0.29) is 0 Å². The Balaban J connectivity index is 1.37. The molecule has 10 heteroatoms. The summed E-state index contributed by atoms with van der Waals surface area (Å²) in [6, 6.07) is 47.8. The van der Waals surface area contributed by atoms with Crippen molar-refractivity contribution in [3.05, 3.63) is 179 Å². The summed E-state index contributed by atoms with van der Waals surface area (Å²) in [6.07, 6.45) is -9.18. The van der Waals surface area contributed by atoms with Gasteiger partial charge >= 0.3 is 12.4 Å². The fourth-order valence-corrected chi connectivity index (χ4v) is 9.08. The summed E-state index contributed by atoms with van der Waals surface area (Å²) in [5.41, 5.74) is 1.95. The van der Waals surface area contributed by atoms with E-state index in [1.54, 1.807) is 16.2 Å². The molecule has 0 bridgehead atoms. The van der Waals surface area contributed by atoms with Gasteiger partial charge in [-0.05, 0) is 122 Å². The maximum Gasteiger partial charge on any atom is 0.416 e. The maximum absolute atomic E-state index is 13.9. The Kier molecular flexibility index (Phi) is 8.78. The molecule has 0 radical (unpaired) electrons. The highest BCUT2D eigenvalue weighted by atomic mass is 79.9. The Bertz CT molecular complexity index is 2780. The van der Waals surface area contributed by atoms with Crippen molar-refractivity contribution in [2.75, 3.05) is 9.80 Å². The molecule has 1 aromatic heterocycles. The molecule has 0 saturated heterocycles. The van der Waals surface area contributed by atoms with E-state index in [2.05, 4.69) is 51.2 Å². The number of fused-ring (bicyclic) bond motifs is 5. The largest absolute Gasteiger partial charge is 0.416 e. The number of benzene rings is 8. The Morgan fingerprint density at radius 1 is 0.429 bits per heavy atom. The molecule has 0 amide bonds. The van der Waals surface area contributed by atoms with Gasteiger partial charge in [-0.25, -0.2) is 0 Å². The van der Waals surface area contributed by atoms with E-state index < -0.39 is 23.5 Å². The Morgan fingerprint density at radius 3 is 1.38 bits per heavy atom. The molecule has 56 heavy (non-hydrogen) atoms. The predicted octanol–water partition coefficient (Wildman–Crippen LogP) is 16.1. The van der Waals surface area contributed by atoms with Gasteiger partial charge in [0.1, 0.15) is 0 Å². The number of thiophene rings is 1. The van der Waals surface area contributed by atoms with Crippen molar-refractivity contribution in [3.8, 4) is 0 Å². The van der Waals surface area contributed by atoms with E-state index >= 15 is 0 Å². The molecule has 0 aliphatic rings. The standard InChI is InChI=1S/C46H27BrF6N2S/c47-43-39(54(36-19-13-28-7-1-3-9-30(28)25-36)37-20-14-29-8-2-4-10-31(29)26-37)27-41-42(38-11-5-6-12-40(38)56-41)44(43)55(34-21-15-32(16-22-34)45(48,49)50)35-23-17-33(18-24-35)46(51,52)53/h1-27H. The van der Waals surface area contributed by atoms with Crippen LogP contribution in [0.5, 0.6) is 0 Å². The second kappa shape index (κ2) is 13.7. The lowest BCUT2D eigenvalue weighted by Gasteiger charge is -2.32. The molecular formula is C46H27BrF6N2S. The smallest absolute Gasteiger partial charge is 0.309 e. The molecule has 2 nitrogen and oxygen atoms in total. The van der Waals surface area contributed by atoms with Gasteiger partial charge in [0.15, 0.2) is 0 Å². The Morgan fingerprint density at radius 2 is 0.875 bits per heavy atom. The molecule has 0 atom stereocenters. The summed E-state index contributed by atoms with van der Waals surface area (Å²) in [5.74, 6) is 0. The molecule has 0 aliphatic carbocycles. The monoisotopic (exact) mass is 832 g/mol. The first-order valence-corrected chi connectivity index (χ1v) is 19.1. The normalized spacial score (nSPS) is 12.2. The summed E-state index contributed by atoms with van der Waals surface area (Å²) in [4.78, 5) is 3.86. The first kappa shape index (κ1) is 35.8. The summed E-state index contributed by atoms with van der Waals surface area (Å²) in [5, 5.41) is 5.84. The zero-order chi connectivity index (χ0) is 38.8. The summed E-state index contributed by atoms with van der Waals surface area (Å²) < 4.78 is 85.5. The van der Waals surface area contributed by atoms with Gasteiger partial charge in [0.2, 0.25) is 0 Å². The molecule has 9 rings (SSSR count). The van der Waals surface area contributed by atoms with Crippen molar-refractivity contribution >= 4 is 103 Å². The predicted molar refractivity (Wildman–Crippen MR) is 221 cm³/mol. The molecule has 8 aromatic carbocycles. The number of halogens is 7. The Hall–Kier alpha value is -5.84. The van der Waals surface area contributed by atoms with Crippen LogP contribution in [0, 0.1) is 0 Å². The van der Waals surface area contributed by atoms with Gasteiger partial charge in [-0.15, -0.1) is 11.3 Å². The highest BCUT2D eigenvalue weighted by molar-refractivity contribution is 9.10. The molecule has 0 unspecified atom stereocenters. The minimum absolute atomic E-state index is 0.329. The summed E-state index contributed by atoms with van der Waals surface area (Å²) in [6.45, 7) is 0. The fraction of sp³-hybridized carbons (Fsp3) is 0.0435. The van der Waals surface area contributed by atoms with Crippen LogP contribution in [0.3, 0.4) is 0 Å². The molecule has 1 heterocycles. The van der Waals surface area contributed by atoms with Crippen LogP contribution in [0.4, 0.5) is 60.5 Å². The maximum atomic E-state index is 13.9. The summed E-state index contributed by atoms with van der Waals surface area (Å²) >= 11 is 5.58. The van der Waals surface area contributed by atoms with Crippen LogP contribution < -0.4 is 9.80 Å². The minimum Gasteiger partial charge on any atom is -0.309 e. The zero-order valence-electron chi connectivity index (χ0n) is 29.0. The number of rotatable bonds is 6. The average Bonchev–Trinajstić information content (AvgIpc) is 3.57.